The number of hydrogen-bond acceptors (Lipinski definition) is 11. The van der Waals surface area contributed by atoms with Gasteiger partial charge in [-0.3, -0.25) is 14.8 Å². The van der Waals surface area contributed by atoms with Gasteiger partial charge in [0.05, 0.1) is 30.1 Å². The number of fused-ring (bicyclic) bond motifs is 1. The van der Waals surface area contributed by atoms with E-state index in [4.69, 9.17) is 30.5 Å². The van der Waals surface area contributed by atoms with Crippen molar-refractivity contribution in [2.75, 3.05) is 38.9 Å². The normalized spacial score (nSPS) is 12.9. The molecule has 0 saturated heterocycles. The van der Waals surface area contributed by atoms with E-state index in [9.17, 15) is 4.79 Å². The lowest BCUT2D eigenvalue weighted by Crippen LogP contribution is -2.41. The number of aryl methyl sites for hydroxylation is 1. The molecule has 0 fully saturated rings. The molecule has 5 N–H and O–H groups in total. The Morgan fingerprint density at radius 3 is 2.54 bits per heavy atom. The van der Waals surface area contributed by atoms with E-state index in [0.29, 0.717) is 37.2 Å². The Kier molecular flexibility index (Phi) is 11.4. The minimum atomic E-state index is -0.611. The van der Waals surface area contributed by atoms with Gasteiger partial charge in [-0.2, -0.15) is 4.37 Å². The molecule has 39 heavy (non-hydrogen) atoms. The van der Waals surface area contributed by atoms with Crippen molar-refractivity contribution in [1.82, 2.24) is 14.4 Å². The number of anilines is 1. The summed E-state index contributed by atoms with van der Waals surface area (Å²) in [6.45, 7) is 9.25. The fourth-order valence-corrected chi connectivity index (χ4v) is 4.56. The molecule has 0 bridgehead atoms. The van der Waals surface area contributed by atoms with Crippen LogP contribution in [-0.4, -0.2) is 60.1 Å². The minimum absolute atomic E-state index is 0.118. The number of benzene rings is 1. The zero-order valence-corrected chi connectivity index (χ0v) is 23.9. The monoisotopic (exact) mass is 558 g/mol. The van der Waals surface area contributed by atoms with Crippen LogP contribution in [0.15, 0.2) is 47.9 Å². The highest BCUT2D eigenvalue weighted by atomic mass is 32.1. The highest BCUT2D eigenvalue weighted by molar-refractivity contribution is 7.10. The van der Waals surface area contributed by atoms with Gasteiger partial charge in [-0.05, 0) is 69.1 Å². The lowest BCUT2D eigenvalue weighted by molar-refractivity contribution is -0.135. The molecule has 1 unspecified atom stereocenters. The number of hydrazine groups is 1. The SMILES string of the molecule is CCOC(C/C(N)=C(\C(=O)Nc1cc(C)ns1)N(N)C(C)c1ccc2ncc(OCCOC)cc2c1)OCC. The number of nitrogens with one attached hydrogen (secondary N) is 1. The Labute approximate surface area is 233 Å². The number of carbonyl (C=O) groups excluding carboxylic acids is 1. The van der Waals surface area contributed by atoms with Gasteiger partial charge >= 0.3 is 0 Å². The first-order valence-electron chi connectivity index (χ1n) is 12.8. The molecular formula is C27H38N6O5S. The summed E-state index contributed by atoms with van der Waals surface area (Å²) in [6, 6.07) is 9.07. The summed E-state index contributed by atoms with van der Waals surface area (Å²) in [6.07, 6.45) is 1.23. The van der Waals surface area contributed by atoms with Crippen LogP contribution in [0.5, 0.6) is 5.75 Å². The van der Waals surface area contributed by atoms with Gasteiger partial charge in [-0.25, -0.2) is 5.84 Å². The molecule has 0 saturated carbocycles. The molecule has 12 heteroatoms. The number of carbonyl (C=O) groups is 1. The molecule has 212 valence electrons. The fourth-order valence-electron chi connectivity index (χ4n) is 3.90. The van der Waals surface area contributed by atoms with E-state index in [2.05, 4.69) is 14.7 Å². The zero-order chi connectivity index (χ0) is 28.4. The smallest absolute Gasteiger partial charge is 0.275 e. The van der Waals surface area contributed by atoms with Crippen molar-refractivity contribution in [2.45, 2.75) is 46.4 Å². The summed E-state index contributed by atoms with van der Waals surface area (Å²) in [5.74, 6) is 6.80. The summed E-state index contributed by atoms with van der Waals surface area (Å²) < 4.78 is 26.3. The average Bonchev–Trinajstić information content (AvgIpc) is 3.32. The van der Waals surface area contributed by atoms with Crippen molar-refractivity contribution in [3.8, 4) is 5.75 Å². The van der Waals surface area contributed by atoms with Crippen molar-refractivity contribution >= 4 is 33.3 Å². The van der Waals surface area contributed by atoms with Gasteiger partial charge in [0.2, 0.25) is 0 Å². The number of aromatic nitrogens is 2. The van der Waals surface area contributed by atoms with Crippen molar-refractivity contribution in [2.24, 2.45) is 11.6 Å². The molecule has 0 radical (unpaired) electrons. The molecule has 2 aromatic heterocycles. The summed E-state index contributed by atoms with van der Waals surface area (Å²) in [5.41, 5.74) is 9.34. The van der Waals surface area contributed by atoms with Crippen LogP contribution in [0.25, 0.3) is 10.9 Å². The largest absolute Gasteiger partial charge is 0.490 e. The zero-order valence-electron chi connectivity index (χ0n) is 23.1. The van der Waals surface area contributed by atoms with E-state index < -0.39 is 18.2 Å². The molecule has 3 aromatic rings. The molecule has 0 spiro atoms. The third kappa shape index (κ3) is 8.35. The summed E-state index contributed by atoms with van der Waals surface area (Å²) >= 11 is 1.18. The quantitative estimate of drug-likeness (QED) is 0.0826. The maximum Gasteiger partial charge on any atom is 0.275 e. The molecule has 1 amide bonds. The van der Waals surface area contributed by atoms with Gasteiger partial charge in [-0.15, -0.1) is 0 Å². The predicted octanol–water partition coefficient (Wildman–Crippen LogP) is 3.86. The van der Waals surface area contributed by atoms with Crippen LogP contribution in [0.2, 0.25) is 0 Å². The van der Waals surface area contributed by atoms with Crippen molar-refractivity contribution < 1.29 is 23.7 Å². The average molecular weight is 559 g/mol. The molecule has 0 aliphatic rings. The Morgan fingerprint density at radius 1 is 1.15 bits per heavy atom. The Balaban J connectivity index is 1.93. The van der Waals surface area contributed by atoms with Crippen molar-refractivity contribution in [1.29, 1.82) is 0 Å². The number of nitrogens with zero attached hydrogens (tertiary/aromatic N) is 3. The molecule has 2 heterocycles. The summed E-state index contributed by atoms with van der Waals surface area (Å²) in [4.78, 5) is 18.0. The second-order valence-corrected chi connectivity index (χ2v) is 9.56. The number of pyridine rings is 1. The molecule has 11 nitrogen and oxygen atoms in total. The standard InChI is InChI=1S/C27H38N6O5S/c1-6-36-25(37-7-2)15-22(28)26(27(34)31-24-12-17(3)32-39-24)33(29)18(4)19-8-9-23-20(13-19)14-21(16-30-23)38-11-10-35-5/h8-9,12-14,16,18,25H,6-7,10-11,15,28-29H2,1-5H3,(H,31,34)/b26-22-. The highest BCUT2D eigenvalue weighted by Crippen LogP contribution is 2.28. The van der Waals surface area contributed by atoms with E-state index in [1.54, 1.807) is 19.4 Å². The number of nitrogens with two attached hydrogens (primary N) is 2. The summed E-state index contributed by atoms with van der Waals surface area (Å²) in [7, 11) is 1.62. The first-order chi connectivity index (χ1) is 18.8. The van der Waals surface area contributed by atoms with Gasteiger partial charge in [-0.1, -0.05) is 6.07 Å². The lowest BCUT2D eigenvalue weighted by Gasteiger charge is -2.30. The van der Waals surface area contributed by atoms with Crippen LogP contribution in [0, 0.1) is 6.92 Å². The number of rotatable bonds is 15. The van der Waals surface area contributed by atoms with Gasteiger partial charge in [0.15, 0.2) is 6.29 Å². The Bertz CT molecular complexity index is 1260. The summed E-state index contributed by atoms with van der Waals surface area (Å²) in [5, 5.41) is 5.71. The molecule has 1 atom stereocenters. The molecule has 0 aliphatic carbocycles. The van der Waals surface area contributed by atoms with Crippen molar-refractivity contribution in [3.05, 3.63) is 59.2 Å². The van der Waals surface area contributed by atoms with Crippen LogP contribution in [0.3, 0.4) is 0 Å². The van der Waals surface area contributed by atoms with Gasteiger partial charge in [0.1, 0.15) is 23.1 Å². The topological polar surface area (TPSA) is 147 Å². The molecular weight excluding hydrogens is 520 g/mol. The van der Waals surface area contributed by atoms with E-state index in [0.717, 1.165) is 22.2 Å². The molecule has 1 aromatic carbocycles. The van der Waals surface area contributed by atoms with Crippen LogP contribution in [0.4, 0.5) is 5.00 Å². The van der Waals surface area contributed by atoms with E-state index in [1.165, 1.54) is 16.5 Å². The van der Waals surface area contributed by atoms with Crippen LogP contribution in [0.1, 0.15) is 44.5 Å². The van der Waals surface area contributed by atoms with Crippen LogP contribution in [-0.2, 0) is 19.0 Å². The Morgan fingerprint density at radius 2 is 1.90 bits per heavy atom. The first-order valence-corrected chi connectivity index (χ1v) is 13.6. The molecule has 3 rings (SSSR count). The number of hydrogen-bond donors (Lipinski definition) is 3. The second kappa shape index (κ2) is 14.8. The fraction of sp³-hybridized carbons (Fsp3) is 0.444. The van der Waals surface area contributed by atoms with Gasteiger partial charge < -0.3 is 30.0 Å². The number of amides is 1. The van der Waals surface area contributed by atoms with Crippen LogP contribution < -0.4 is 21.6 Å². The third-order valence-electron chi connectivity index (χ3n) is 5.87. The minimum Gasteiger partial charge on any atom is -0.490 e. The van der Waals surface area contributed by atoms with Crippen LogP contribution >= 0.6 is 11.5 Å². The third-order valence-corrected chi connectivity index (χ3v) is 6.67. The predicted molar refractivity (Wildman–Crippen MR) is 152 cm³/mol. The van der Waals surface area contributed by atoms with E-state index >= 15 is 0 Å². The van der Waals surface area contributed by atoms with E-state index in [1.807, 2.05) is 52.0 Å². The maximum absolute atomic E-state index is 13.5. The lowest BCUT2D eigenvalue weighted by atomic mass is 10.0. The number of methoxy groups -OCH3 is 1. The molecule has 0 aliphatic heterocycles. The number of ether oxygens (including phenoxy) is 4. The van der Waals surface area contributed by atoms with Gasteiger partial charge in [0, 0.05) is 37.8 Å². The van der Waals surface area contributed by atoms with E-state index in [-0.39, 0.29) is 17.8 Å². The first kappa shape index (κ1) is 30.3. The highest BCUT2D eigenvalue weighted by Gasteiger charge is 2.26. The van der Waals surface area contributed by atoms with Crippen molar-refractivity contribution in [3.63, 3.8) is 0 Å². The maximum atomic E-state index is 13.5. The Hall–Kier alpha value is -3.29. The van der Waals surface area contributed by atoms with Gasteiger partial charge in [0.25, 0.3) is 5.91 Å². The second-order valence-electron chi connectivity index (χ2n) is 8.75.